The summed E-state index contributed by atoms with van der Waals surface area (Å²) in [6, 6.07) is 17.4. The van der Waals surface area contributed by atoms with Crippen molar-refractivity contribution in [1.29, 1.82) is 0 Å². The van der Waals surface area contributed by atoms with E-state index in [0.717, 1.165) is 32.3 Å². The van der Waals surface area contributed by atoms with Crippen LogP contribution in [-0.2, 0) is 6.54 Å². The second-order valence-corrected chi connectivity index (χ2v) is 8.25. The van der Waals surface area contributed by atoms with E-state index in [2.05, 4.69) is 24.0 Å². The molecule has 0 radical (unpaired) electrons. The van der Waals surface area contributed by atoms with Gasteiger partial charge in [-0.05, 0) is 48.7 Å². The monoisotopic (exact) mass is 413 g/mol. The molecular formula is C24H19N3O2S. The zero-order valence-corrected chi connectivity index (χ0v) is 17.4. The third kappa shape index (κ3) is 3.25. The molecule has 0 aliphatic heterocycles. The fourth-order valence-corrected chi connectivity index (χ4v) is 4.59. The molecule has 5 aromatic rings. The minimum atomic E-state index is -0.218. The van der Waals surface area contributed by atoms with Gasteiger partial charge in [-0.25, -0.2) is 4.98 Å². The van der Waals surface area contributed by atoms with Crippen molar-refractivity contribution >= 4 is 43.6 Å². The Kier molecular flexibility index (Phi) is 4.56. The number of hydrogen-bond acceptors (Lipinski definition) is 5. The summed E-state index contributed by atoms with van der Waals surface area (Å²) in [4.78, 5) is 24.2. The molecule has 0 fully saturated rings. The first-order chi connectivity index (χ1) is 14.6. The van der Waals surface area contributed by atoms with Crippen LogP contribution < -0.4 is 4.90 Å². The van der Waals surface area contributed by atoms with Gasteiger partial charge in [-0.15, -0.1) is 0 Å². The van der Waals surface area contributed by atoms with Crippen LogP contribution in [-0.4, -0.2) is 15.9 Å². The average Bonchev–Trinajstić information content (AvgIpc) is 3.40. The van der Waals surface area contributed by atoms with Crippen molar-refractivity contribution in [2.45, 2.75) is 20.4 Å². The number of fused-ring (bicyclic) bond motifs is 2. The molecule has 2 aromatic carbocycles. The molecule has 0 atom stereocenters. The van der Waals surface area contributed by atoms with Crippen molar-refractivity contribution in [3.05, 3.63) is 89.4 Å². The van der Waals surface area contributed by atoms with Gasteiger partial charge in [0.25, 0.3) is 5.91 Å². The second kappa shape index (κ2) is 7.39. The number of amides is 1. The summed E-state index contributed by atoms with van der Waals surface area (Å²) >= 11 is 1.53. The third-order valence-corrected chi connectivity index (χ3v) is 6.32. The summed E-state index contributed by atoms with van der Waals surface area (Å²) in [5.74, 6) is 0.0807. The highest BCUT2D eigenvalue weighted by Gasteiger charge is 2.25. The molecule has 0 bridgehead atoms. The summed E-state index contributed by atoms with van der Waals surface area (Å²) in [6.07, 6.45) is 3.49. The first kappa shape index (κ1) is 18.5. The van der Waals surface area contributed by atoms with Gasteiger partial charge in [-0.1, -0.05) is 47.7 Å². The van der Waals surface area contributed by atoms with Gasteiger partial charge in [0, 0.05) is 17.8 Å². The van der Waals surface area contributed by atoms with E-state index >= 15 is 0 Å². The Morgan fingerprint density at radius 3 is 2.67 bits per heavy atom. The van der Waals surface area contributed by atoms with Gasteiger partial charge < -0.3 is 4.42 Å². The second-order valence-electron chi connectivity index (χ2n) is 7.27. The number of rotatable bonds is 4. The van der Waals surface area contributed by atoms with E-state index in [4.69, 9.17) is 9.40 Å². The zero-order chi connectivity index (χ0) is 20.7. The molecule has 6 heteroatoms. The van der Waals surface area contributed by atoms with Gasteiger partial charge in [-0.2, -0.15) is 0 Å². The Bertz CT molecular complexity index is 1300. The van der Waals surface area contributed by atoms with Gasteiger partial charge in [0.1, 0.15) is 5.58 Å². The van der Waals surface area contributed by atoms with E-state index in [1.165, 1.54) is 11.3 Å². The molecule has 3 heterocycles. The Morgan fingerprint density at radius 1 is 1.07 bits per heavy atom. The van der Waals surface area contributed by atoms with Gasteiger partial charge in [-0.3, -0.25) is 14.7 Å². The lowest BCUT2D eigenvalue weighted by molar-refractivity contribution is 0.0960. The van der Waals surface area contributed by atoms with Crippen LogP contribution in [0.25, 0.3) is 21.2 Å². The standard InChI is InChI=1S/C24H19N3O2S/c1-15-9-10-16(2)22-21(15)26-24(30-22)27(14-17-6-5-11-25-13-17)23(28)20-12-18-7-3-4-8-19(18)29-20/h3-13H,14H2,1-2H3. The first-order valence-electron chi connectivity index (χ1n) is 9.66. The average molecular weight is 414 g/mol. The van der Waals surface area contributed by atoms with E-state index in [0.29, 0.717) is 23.0 Å². The highest BCUT2D eigenvalue weighted by Crippen LogP contribution is 2.35. The van der Waals surface area contributed by atoms with Crippen LogP contribution >= 0.6 is 11.3 Å². The van der Waals surface area contributed by atoms with Crippen molar-refractivity contribution in [2.75, 3.05) is 4.90 Å². The maximum atomic E-state index is 13.5. The highest BCUT2D eigenvalue weighted by atomic mass is 32.1. The molecule has 0 saturated heterocycles. The molecule has 0 N–H and O–H groups in total. The number of para-hydroxylation sites is 1. The molecule has 5 rings (SSSR count). The molecule has 0 saturated carbocycles. The van der Waals surface area contributed by atoms with Gasteiger partial charge in [0.05, 0.1) is 16.8 Å². The molecule has 0 aliphatic carbocycles. The van der Waals surface area contributed by atoms with Crippen LogP contribution in [0.2, 0.25) is 0 Å². The van der Waals surface area contributed by atoms with Gasteiger partial charge in [0.2, 0.25) is 0 Å². The molecule has 0 unspecified atom stereocenters. The summed E-state index contributed by atoms with van der Waals surface area (Å²) in [6.45, 7) is 4.47. The third-order valence-electron chi connectivity index (χ3n) is 5.11. The number of thiazole rings is 1. The van der Waals surface area contributed by atoms with Crippen LogP contribution in [0.3, 0.4) is 0 Å². The number of hydrogen-bond donors (Lipinski definition) is 0. The maximum Gasteiger partial charge on any atom is 0.296 e. The molecule has 30 heavy (non-hydrogen) atoms. The van der Waals surface area contributed by atoms with Gasteiger partial charge >= 0.3 is 0 Å². The number of anilines is 1. The summed E-state index contributed by atoms with van der Waals surface area (Å²) in [5, 5.41) is 1.55. The number of benzene rings is 2. The molecule has 0 aliphatic rings. The van der Waals surface area contributed by atoms with Crippen LogP contribution in [0.1, 0.15) is 27.2 Å². The molecular weight excluding hydrogens is 394 g/mol. The minimum Gasteiger partial charge on any atom is -0.451 e. The molecule has 3 aromatic heterocycles. The molecule has 1 amide bonds. The van der Waals surface area contributed by atoms with Gasteiger partial charge in [0.15, 0.2) is 10.9 Å². The summed E-state index contributed by atoms with van der Waals surface area (Å²) < 4.78 is 6.96. The van der Waals surface area contributed by atoms with Crippen molar-refractivity contribution < 1.29 is 9.21 Å². The summed E-state index contributed by atoms with van der Waals surface area (Å²) in [7, 11) is 0. The molecule has 5 nitrogen and oxygen atoms in total. The predicted octanol–water partition coefficient (Wildman–Crippen LogP) is 5.90. The number of carbonyl (C=O) groups is 1. The van der Waals surface area contributed by atoms with Crippen molar-refractivity contribution in [3.63, 3.8) is 0 Å². The minimum absolute atomic E-state index is 0.218. The Morgan fingerprint density at radius 2 is 1.90 bits per heavy atom. The first-order valence-corrected chi connectivity index (χ1v) is 10.5. The predicted molar refractivity (Wildman–Crippen MR) is 120 cm³/mol. The van der Waals surface area contributed by atoms with Crippen molar-refractivity contribution in [3.8, 4) is 0 Å². The van der Waals surface area contributed by atoms with Crippen LogP contribution in [0.15, 0.2) is 71.4 Å². The zero-order valence-electron chi connectivity index (χ0n) is 16.6. The smallest absolute Gasteiger partial charge is 0.296 e. The molecule has 0 spiro atoms. The van der Waals surface area contributed by atoms with E-state index < -0.39 is 0 Å². The Labute approximate surface area is 177 Å². The normalized spacial score (nSPS) is 11.3. The van der Waals surface area contributed by atoms with E-state index in [1.54, 1.807) is 23.4 Å². The van der Waals surface area contributed by atoms with E-state index in [-0.39, 0.29) is 5.91 Å². The maximum absolute atomic E-state index is 13.5. The van der Waals surface area contributed by atoms with Crippen LogP contribution in [0.5, 0.6) is 0 Å². The lowest BCUT2D eigenvalue weighted by atomic mass is 10.1. The van der Waals surface area contributed by atoms with Crippen LogP contribution in [0, 0.1) is 13.8 Å². The fourth-order valence-electron chi connectivity index (χ4n) is 3.48. The quantitative estimate of drug-likeness (QED) is 0.368. The SMILES string of the molecule is Cc1ccc(C)c2sc(N(Cc3cccnc3)C(=O)c3cc4ccccc4o3)nc12. The lowest BCUT2D eigenvalue weighted by Crippen LogP contribution is -2.30. The van der Waals surface area contributed by atoms with Crippen molar-refractivity contribution in [1.82, 2.24) is 9.97 Å². The number of pyridine rings is 1. The Balaban J connectivity index is 1.62. The number of aromatic nitrogens is 2. The van der Waals surface area contributed by atoms with Crippen LogP contribution in [0.4, 0.5) is 5.13 Å². The van der Waals surface area contributed by atoms with E-state index in [1.807, 2.05) is 43.3 Å². The molecule has 148 valence electrons. The van der Waals surface area contributed by atoms with Crippen molar-refractivity contribution in [2.24, 2.45) is 0 Å². The van der Waals surface area contributed by atoms with E-state index in [9.17, 15) is 4.79 Å². The largest absolute Gasteiger partial charge is 0.451 e. The Hall–Kier alpha value is -3.51. The lowest BCUT2D eigenvalue weighted by Gasteiger charge is -2.18. The highest BCUT2D eigenvalue weighted by molar-refractivity contribution is 7.22. The number of aryl methyl sites for hydroxylation is 2. The number of furan rings is 1. The number of carbonyl (C=O) groups excluding carboxylic acids is 1. The topological polar surface area (TPSA) is 59.2 Å². The summed E-state index contributed by atoms with van der Waals surface area (Å²) in [5.41, 5.74) is 4.80. The fraction of sp³-hybridized carbons (Fsp3) is 0.125. The number of nitrogens with zero attached hydrogens (tertiary/aromatic N) is 3.